The van der Waals surface area contributed by atoms with E-state index in [4.69, 9.17) is 16.3 Å². The fraction of sp³-hybridized carbons (Fsp3) is 0.250. The van der Waals surface area contributed by atoms with Gasteiger partial charge >= 0.3 is 0 Å². The third kappa shape index (κ3) is 2.99. The van der Waals surface area contributed by atoms with Gasteiger partial charge in [-0.25, -0.2) is 0 Å². The van der Waals surface area contributed by atoms with E-state index in [9.17, 15) is 5.11 Å². The topological polar surface area (TPSA) is 47.3 Å². The maximum atomic E-state index is 9.90. The zero-order valence-corrected chi connectivity index (χ0v) is 10.1. The van der Waals surface area contributed by atoms with Crippen LogP contribution in [0.4, 0.5) is 0 Å². The molecule has 1 aromatic carbocycles. The fourth-order valence-electron chi connectivity index (χ4n) is 1.53. The molecule has 0 radical (unpaired) electrons. The number of halogens is 1. The van der Waals surface area contributed by atoms with Gasteiger partial charge in [0.15, 0.2) is 0 Å². The van der Waals surface area contributed by atoms with Gasteiger partial charge in [-0.05, 0) is 24.3 Å². The van der Waals surface area contributed by atoms with Crippen LogP contribution in [0.25, 0.3) is 0 Å². The molecule has 1 atom stereocenters. The molecule has 0 saturated heterocycles. The lowest BCUT2D eigenvalue weighted by Gasteiger charge is -2.12. The number of benzene rings is 1. The summed E-state index contributed by atoms with van der Waals surface area (Å²) in [4.78, 5) is 0. The highest BCUT2D eigenvalue weighted by atomic mass is 35.5. The average Bonchev–Trinajstić information content (AvgIpc) is 2.72. The minimum Gasteiger partial charge on any atom is -0.490 e. The summed E-state index contributed by atoms with van der Waals surface area (Å²) in [6.07, 6.45) is 0.930. The van der Waals surface area contributed by atoms with Crippen LogP contribution in [-0.2, 0) is 7.05 Å². The maximum absolute atomic E-state index is 9.90. The lowest BCUT2D eigenvalue weighted by Crippen LogP contribution is -2.13. The molecule has 0 fully saturated rings. The Morgan fingerprint density at radius 2 is 2.29 bits per heavy atom. The summed E-state index contributed by atoms with van der Waals surface area (Å²) in [6, 6.07) is 8.82. The van der Waals surface area contributed by atoms with Gasteiger partial charge in [-0.15, -0.1) is 0 Å². The number of ether oxygens (including phenoxy) is 1. The van der Waals surface area contributed by atoms with Crippen LogP contribution in [0.5, 0.6) is 5.75 Å². The van der Waals surface area contributed by atoms with Crippen LogP contribution >= 0.6 is 11.6 Å². The van der Waals surface area contributed by atoms with Crippen LogP contribution in [-0.4, -0.2) is 21.5 Å². The third-order valence-corrected chi connectivity index (χ3v) is 2.64. The first kappa shape index (κ1) is 12.0. The maximum Gasteiger partial charge on any atom is 0.129 e. The SMILES string of the molecule is Cn1nccc1C(O)COc1cccc(Cl)c1. The van der Waals surface area contributed by atoms with Crippen molar-refractivity contribution in [3.05, 3.63) is 47.2 Å². The Morgan fingerprint density at radius 1 is 1.47 bits per heavy atom. The molecule has 0 amide bonds. The van der Waals surface area contributed by atoms with Gasteiger partial charge in [0.25, 0.3) is 0 Å². The third-order valence-electron chi connectivity index (χ3n) is 2.40. The highest BCUT2D eigenvalue weighted by Gasteiger charge is 2.12. The molecule has 17 heavy (non-hydrogen) atoms. The Morgan fingerprint density at radius 3 is 2.94 bits per heavy atom. The van der Waals surface area contributed by atoms with Gasteiger partial charge in [0.05, 0.1) is 5.69 Å². The van der Waals surface area contributed by atoms with E-state index in [0.717, 1.165) is 0 Å². The first-order valence-corrected chi connectivity index (χ1v) is 5.59. The summed E-state index contributed by atoms with van der Waals surface area (Å²) in [5.41, 5.74) is 0.715. The van der Waals surface area contributed by atoms with Crippen molar-refractivity contribution < 1.29 is 9.84 Å². The smallest absolute Gasteiger partial charge is 0.129 e. The average molecular weight is 253 g/mol. The predicted octanol–water partition coefficient (Wildman–Crippen LogP) is 2.19. The second kappa shape index (κ2) is 5.21. The second-order valence-electron chi connectivity index (χ2n) is 3.66. The van der Waals surface area contributed by atoms with Crippen LogP contribution in [0.2, 0.25) is 5.02 Å². The number of nitrogens with zero attached hydrogens (tertiary/aromatic N) is 2. The lowest BCUT2D eigenvalue weighted by atomic mass is 10.2. The molecule has 0 aliphatic heterocycles. The van der Waals surface area contributed by atoms with Gasteiger partial charge in [-0.2, -0.15) is 5.10 Å². The molecule has 90 valence electrons. The Hall–Kier alpha value is -1.52. The molecule has 0 aliphatic carbocycles. The van der Waals surface area contributed by atoms with Crippen molar-refractivity contribution in [1.29, 1.82) is 0 Å². The number of aliphatic hydroxyl groups is 1. The van der Waals surface area contributed by atoms with E-state index in [2.05, 4.69) is 5.10 Å². The summed E-state index contributed by atoms with van der Waals surface area (Å²) in [5.74, 6) is 0.638. The van der Waals surface area contributed by atoms with E-state index < -0.39 is 6.10 Å². The minimum atomic E-state index is -0.707. The van der Waals surface area contributed by atoms with E-state index in [1.165, 1.54) is 0 Å². The summed E-state index contributed by atoms with van der Waals surface area (Å²) in [7, 11) is 1.78. The molecule has 5 heteroatoms. The molecule has 0 aliphatic rings. The van der Waals surface area contributed by atoms with Gasteiger partial charge in [-0.3, -0.25) is 4.68 Å². The number of aliphatic hydroxyl groups excluding tert-OH is 1. The lowest BCUT2D eigenvalue weighted by molar-refractivity contribution is 0.101. The fourth-order valence-corrected chi connectivity index (χ4v) is 1.71. The zero-order chi connectivity index (χ0) is 12.3. The van der Waals surface area contributed by atoms with Gasteiger partial charge in [0.1, 0.15) is 18.5 Å². The van der Waals surface area contributed by atoms with Gasteiger partial charge < -0.3 is 9.84 Å². The van der Waals surface area contributed by atoms with Crippen LogP contribution in [0.1, 0.15) is 11.8 Å². The Balaban J connectivity index is 1.97. The number of hydrogen-bond donors (Lipinski definition) is 1. The van der Waals surface area contributed by atoms with Gasteiger partial charge in [0, 0.05) is 18.3 Å². The Bertz CT molecular complexity index is 499. The molecule has 0 saturated carbocycles. The molecular weight excluding hydrogens is 240 g/mol. The number of aromatic nitrogens is 2. The second-order valence-corrected chi connectivity index (χ2v) is 4.10. The molecule has 2 rings (SSSR count). The summed E-state index contributed by atoms with van der Waals surface area (Å²) in [6.45, 7) is 0.167. The standard InChI is InChI=1S/C12H13ClN2O2/c1-15-11(5-6-14-15)12(16)8-17-10-4-2-3-9(13)7-10/h2-7,12,16H,8H2,1H3. The number of aryl methyl sites for hydroxylation is 1. The first-order chi connectivity index (χ1) is 8.16. The quantitative estimate of drug-likeness (QED) is 0.907. The minimum absolute atomic E-state index is 0.167. The Labute approximate surface area is 104 Å². The monoisotopic (exact) mass is 252 g/mol. The van der Waals surface area contributed by atoms with E-state index in [1.54, 1.807) is 48.3 Å². The molecule has 2 aromatic rings. The van der Waals surface area contributed by atoms with E-state index in [-0.39, 0.29) is 6.61 Å². The largest absolute Gasteiger partial charge is 0.490 e. The van der Waals surface area contributed by atoms with E-state index in [0.29, 0.717) is 16.5 Å². The van der Waals surface area contributed by atoms with Crippen molar-refractivity contribution >= 4 is 11.6 Å². The van der Waals surface area contributed by atoms with Crippen molar-refractivity contribution in [3.8, 4) is 5.75 Å². The van der Waals surface area contributed by atoms with Crippen LogP contribution in [0, 0.1) is 0 Å². The molecule has 1 unspecified atom stereocenters. The van der Waals surface area contributed by atoms with Gasteiger partial charge in [-0.1, -0.05) is 17.7 Å². The summed E-state index contributed by atoms with van der Waals surface area (Å²) < 4.78 is 7.07. The first-order valence-electron chi connectivity index (χ1n) is 5.21. The van der Waals surface area contributed by atoms with Gasteiger partial charge in [0.2, 0.25) is 0 Å². The van der Waals surface area contributed by atoms with Crippen molar-refractivity contribution in [2.45, 2.75) is 6.10 Å². The van der Waals surface area contributed by atoms with Crippen LogP contribution < -0.4 is 4.74 Å². The molecule has 4 nitrogen and oxygen atoms in total. The summed E-state index contributed by atoms with van der Waals surface area (Å²) >= 11 is 5.83. The number of rotatable bonds is 4. The van der Waals surface area contributed by atoms with Crippen molar-refractivity contribution in [1.82, 2.24) is 9.78 Å². The van der Waals surface area contributed by atoms with E-state index >= 15 is 0 Å². The highest BCUT2D eigenvalue weighted by Crippen LogP contribution is 2.19. The van der Waals surface area contributed by atoms with Crippen molar-refractivity contribution in [3.63, 3.8) is 0 Å². The molecule has 1 N–H and O–H groups in total. The molecular formula is C12H13ClN2O2. The van der Waals surface area contributed by atoms with Crippen molar-refractivity contribution in [2.24, 2.45) is 7.05 Å². The molecule has 1 heterocycles. The Kier molecular flexibility index (Phi) is 3.66. The van der Waals surface area contributed by atoms with Crippen molar-refractivity contribution in [2.75, 3.05) is 6.61 Å². The molecule has 0 bridgehead atoms. The zero-order valence-electron chi connectivity index (χ0n) is 9.38. The summed E-state index contributed by atoms with van der Waals surface area (Å²) in [5, 5.41) is 14.5. The molecule has 1 aromatic heterocycles. The van der Waals surface area contributed by atoms with Crippen LogP contribution in [0.15, 0.2) is 36.5 Å². The highest BCUT2D eigenvalue weighted by molar-refractivity contribution is 6.30. The molecule has 0 spiro atoms. The van der Waals surface area contributed by atoms with E-state index in [1.807, 2.05) is 0 Å². The predicted molar refractivity (Wildman–Crippen MR) is 65.1 cm³/mol. The normalized spacial score (nSPS) is 12.4. The number of hydrogen-bond acceptors (Lipinski definition) is 3. The van der Waals surface area contributed by atoms with Crippen LogP contribution in [0.3, 0.4) is 0 Å².